The zero-order chi connectivity index (χ0) is 15.1. The lowest BCUT2D eigenvalue weighted by Crippen LogP contribution is -2.36. The molecule has 0 aromatic carbocycles. The highest BCUT2D eigenvalue weighted by Crippen LogP contribution is 2.43. The van der Waals surface area contributed by atoms with E-state index in [2.05, 4.69) is 0 Å². The quantitative estimate of drug-likeness (QED) is 0.694. The van der Waals surface area contributed by atoms with E-state index < -0.39 is 22.8 Å². The number of hydrogen-bond acceptors (Lipinski definition) is 4. The van der Waals surface area contributed by atoms with Crippen LogP contribution in [0.15, 0.2) is 0 Å². The Morgan fingerprint density at radius 3 is 1.84 bits per heavy atom. The Bertz CT molecular complexity index is 413. The predicted molar refractivity (Wildman–Crippen MR) is 65.8 cm³/mol. The maximum atomic E-state index is 11.2. The molecule has 6 heteroatoms. The summed E-state index contributed by atoms with van der Waals surface area (Å²) in [6.45, 7) is 3.62. The Hall–Kier alpha value is -2.08. The molecule has 0 amide bonds. The summed E-state index contributed by atoms with van der Waals surface area (Å²) < 4.78 is 0. The first-order valence-corrected chi connectivity index (χ1v) is 6.09. The first kappa shape index (κ1) is 16.9. The topological polar surface area (TPSA) is 122 Å². The molecule has 0 saturated carbocycles. The standard InChI is InChI=1S/C13H18N2O4/c1-3-12(4-2,6-5-10(16)17)7-13(8-14,9-15)11(18)19/h3-7H2,1-2H3,(H,16,17)(H,18,19). The average Bonchev–Trinajstić information content (AvgIpc) is 2.40. The highest BCUT2D eigenvalue weighted by atomic mass is 16.4. The summed E-state index contributed by atoms with van der Waals surface area (Å²) in [5.74, 6) is -2.44. The van der Waals surface area contributed by atoms with Crippen molar-refractivity contribution in [1.82, 2.24) is 0 Å². The van der Waals surface area contributed by atoms with E-state index in [1.54, 1.807) is 12.1 Å². The van der Waals surface area contributed by atoms with E-state index in [0.29, 0.717) is 12.8 Å². The van der Waals surface area contributed by atoms with Crippen molar-refractivity contribution in [3.8, 4) is 12.1 Å². The van der Waals surface area contributed by atoms with Gasteiger partial charge in [-0.15, -0.1) is 0 Å². The van der Waals surface area contributed by atoms with Gasteiger partial charge in [-0.2, -0.15) is 10.5 Å². The summed E-state index contributed by atoms with van der Waals surface area (Å²) in [7, 11) is 0. The molecule has 0 bridgehead atoms. The first-order valence-electron chi connectivity index (χ1n) is 6.09. The fourth-order valence-corrected chi connectivity index (χ4v) is 2.15. The second-order valence-electron chi connectivity index (χ2n) is 4.71. The molecule has 0 spiro atoms. The Balaban J connectivity index is 5.32. The second-order valence-corrected chi connectivity index (χ2v) is 4.71. The van der Waals surface area contributed by atoms with Crippen LogP contribution in [-0.2, 0) is 9.59 Å². The van der Waals surface area contributed by atoms with Gasteiger partial charge in [-0.05, 0) is 18.3 Å². The lowest BCUT2D eigenvalue weighted by atomic mass is 9.67. The lowest BCUT2D eigenvalue weighted by Gasteiger charge is -2.34. The van der Waals surface area contributed by atoms with E-state index in [-0.39, 0.29) is 19.3 Å². The van der Waals surface area contributed by atoms with Crippen LogP contribution < -0.4 is 0 Å². The SMILES string of the molecule is CCC(CC)(CCC(=O)O)CC(C#N)(C#N)C(=O)O. The normalized spacial score (nSPS) is 11.4. The van der Waals surface area contributed by atoms with Gasteiger partial charge in [-0.25, -0.2) is 4.79 Å². The fourth-order valence-electron chi connectivity index (χ4n) is 2.15. The van der Waals surface area contributed by atoms with E-state index in [9.17, 15) is 9.59 Å². The molecular weight excluding hydrogens is 248 g/mol. The number of carboxylic acids is 2. The predicted octanol–water partition coefficient (Wildman–Crippen LogP) is 2.17. The molecule has 0 saturated heterocycles. The molecule has 0 rings (SSSR count). The molecule has 0 radical (unpaired) electrons. The summed E-state index contributed by atoms with van der Waals surface area (Å²) in [4.78, 5) is 21.8. The van der Waals surface area contributed by atoms with Crippen LogP contribution in [0, 0.1) is 33.5 Å². The molecule has 0 aromatic rings. The molecule has 0 aliphatic rings. The van der Waals surface area contributed by atoms with Gasteiger partial charge in [-0.3, -0.25) is 4.79 Å². The Morgan fingerprint density at radius 1 is 1.11 bits per heavy atom. The van der Waals surface area contributed by atoms with Gasteiger partial charge in [-0.1, -0.05) is 26.7 Å². The number of aliphatic carboxylic acids is 2. The molecule has 0 aliphatic heterocycles. The van der Waals surface area contributed by atoms with Crippen LogP contribution in [0.25, 0.3) is 0 Å². The third-order valence-corrected chi connectivity index (χ3v) is 3.76. The monoisotopic (exact) mass is 266 g/mol. The molecule has 0 aliphatic carbocycles. The largest absolute Gasteiger partial charge is 0.481 e. The van der Waals surface area contributed by atoms with Gasteiger partial charge in [0.25, 0.3) is 0 Å². The smallest absolute Gasteiger partial charge is 0.338 e. The third kappa shape index (κ3) is 3.96. The van der Waals surface area contributed by atoms with Gasteiger partial charge in [0.15, 0.2) is 0 Å². The number of rotatable bonds is 8. The molecule has 0 heterocycles. The van der Waals surface area contributed by atoms with E-state index in [1.165, 1.54) is 0 Å². The van der Waals surface area contributed by atoms with Crippen LogP contribution in [0.1, 0.15) is 46.0 Å². The summed E-state index contributed by atoms with van der Waals surface area (Å²) in [5, 5.41) is 35.9. The highest BCUT2D eigenvalue weighted by molar-refractivity contribution is 5.81. The summed E-state index contributed by atoms with van der Waals surface area (Å²) >= 11 is 0. The maximum absolute atomic E-state index is 11.2. The second kappa shape index (κ2) is 6.75. The van der Waals surface area contributed by atoms with Crippen molar-refractivity contribution in [1.29, 1.82) is 10.5 Å². The van der Waals surface area contributed by atoms with Crippen LogP contribution in [0.5, 0.6) is 0 Å². The maximum Gasteiger partial charge on any atom is 0.338 e. The van der Waals surface area contributed by atoms with Crippen molar-refractivity contribution in [3.05, 3.63) is 0 Å². The first-order chi connectivity index (χ1) is 8.81. The minimum Gasteiger partial charge on any atom is -0.481 e. The Labute approximate surface area is 112 Å². The van der Waals surface area contributed by atoms with Crippen molar-refractivity contribution in [3.63, 3.8) is 0 Å². The molecule has 0 aromatic heterocycles. The van der Waals surface area contributed by atoms with Gasteiger partial charge < -0.3 is 10.2 Å². The van der Waals surface area contributed by atoms with Crippen molar-refractivity contribution >= 4 is 11.9 Å². The van der Waals surface area contributed by atoms with Crippen LogP contribution in [-0.4, -0.2) is 22.2 Å². The molecule has 6 nitrogen and oxygen atoms in total. The average molecular weight is 266 g/mol. The molecule has 0 unspecified atom stereocenters. The van der Waals surface area contributed by atoms with E-state index in [0.717, 1.165) is 0 Å². The van der Waals surface area contributed by atoms with Crippen LogP contribution in [0.3, 0.4) is 0 Å². The van der Waals surface area contributed by atoms with Crippen LogP contribution in [0.2, 0.25) is 0 Å². The number of hydrogen-bond donors (Lipinski definition) is 2. The Kier molecular flexibility index (Phi) is 6.01. The highest BCUT2D eigenvalue weighted by Gasteiger charge is 2.46. The van der Waals surface area contributed by atoms with Gasteiger partial charge >= 0.3 is 11.9 Å². The van der Waals surface area contributed by atoms with Gasteiger partial charge in [0.1, 0.15) is 0 Å². The summed E-state index contributed by atoms with van der Waals surface area (Å²) in [5.41, 5.74) is -2.73. The number of nitriles is 2. The summed E-state index contributed by atoms with van der Waals surface area (Å²) in [6, 6.07) is 3.14. The van der Waals surface area contributed by atoms with Gasteiger partial charge in [0.2, 0.25) is 5.41 Å². The van der Waals surface area contributed by atoms with Crippen molar-refractivity contribution in [2.45, 2.75) is 46.0 Å². The lowest BCUT2D eigenvalue weighted by molar-refractivity contribution is -0.144. The number of carboxylic acid groups (broad SMARTS) is 2. The van der Waals surface area contributed by atoms with Gasteiger partial charge in [0.05, 0.1) is 12.1 Å². The van der Waals surface area contributed by atoms with Crippen molar-refractivity contribution in [2.75, 3.05) is 0 Å². The molecule has 0 fully saturated rings. The fraction of sp³-hybridized carbons (Fsp3) is 0.692. The van der Waals surface area contributed by atoms with Gasteiger partial charge in [0, 0.05) is 6.42 Å². The van der Waals surface area contributed by atoms with E-state index >= 15 is 0 Å². The summed E-state index contributed by atoms with van der Waals surface area (Å²) in [6.07, 6.45) is 1.05. The van der Waals surface area contributed by atoms with Crippen molar-refractivity contribution in [2.24, 2.45) is 10.8 Å². The minimum atomic E-state index is -2.11. The minimum absolute atomic E-state index is 0.103. The van der Waals surface area contributed by atoms with Crippen LogP contribution in [0.4, 0.5) is 0 Å². The zero-order valence-corrected chi connectivity index (χ0v) is 11.1. The molecule has 2 N–H and O–H groups in total. The third-order valence-electron chi connectivity index (χ3n) is 3.76. The molecule has 104 valence electrons. The number of nitrogens with zero attached hydrogens (tertiary/aromatic N) is 2. The zero-order valence-electron chi connectivity index (χ0n) is 11.1. The van der Waals surface area contributed by atoms with E-state index in [4.69, 9.17) is 20.7 Å². The Morgan fingerprint density at radius 2 is 1.58 bits per heavy atom. The molecular formula is C13H18N2O4. The van der Waals surface area contributed by atoms with Crippen molar-refractivity contribution < 1.29 is 19.8 Å². The van der Waals surface area contributed by atoms with Crippen LogP contribution >= 0.6 is 0 Å². The van der Waals surface area contributed by atoms with E-state index in [1.807, 2.05) is 13.8 Å². The number of carbonyl (C=O) groups is 2. The molecule has 0 atom stereocenters. The molecule has 19 heavy (non-hydrogen) atoms.